The molecule has 0 aliphatic heterocycles. The lowest BCUT2D eigenvalue weighted by Gasteiger charge is -2.20. The van der Waals surface area contributed by atoms with Gasteiger partial charge in [-0.05, 0) is 44.4 Å². The second-order valence-electron chi connectivity index (χ2n) is 7.85. The lowest BCUT2D eigenvalue weighted by atomic mass is 10.1. The van der Waals surface area contributed by atoms with Gasteiger partial charge in [-0.1, -0.05) is 26.0 Å². The largest absolute Gasteiger partial charge is 0.346 e. The van der Waals surface area contributed by atoms with Crippen molar-refractivity contribution < 1.29 is 18.0 Å². The van der Waals surface area contributed by atoms with Crippen molar-refractivity contribution in [1.29, 1.82) is 0 Å². The zero-order chi connectivity index (χ0) is 20.8. The monoisotopic (exact) mass is 434 g/mol. The number of sulfonamides is 1. The normalized spacial score (nSPS) is 12.8. The van der Waals surface area contributed by atoms with Gasteiger partial charge in [-0.15, -0.1) is 12.4 Å². The molecule has 0 aromatic heterocycles. The number of hydrogen-bond donors (Lipinski definition) is 4. The van der Waals surface area contributed by atoms with E-state index >= 15 is 0 Å². The minimum atomic E-state index is -3.51. The number of carbonyl (C=O) groups is 2. The average Bonchev–Trinajstić information content (AvgIpc) is 2.49. The standard InChI is InChI=1S/C18H30N4O4S.ClH/c1-12(2)16(19)17(24)20-10-15(23)21-14-8-6-7-13(9-14)11-27(25,26)22-18(3,4)5;/h6-9,12,16,22H,10-11,19H2,1-5H3,(H,20,24)(H,21,23);1H/t16-;/m0./s1. The SMILES string of the molecule is CC(C)[C@H](N)C(=O)NCC(=O)Nc1cccc(CS(=O)(=O)NC(C)(C)C)c1.Cl. The molecule has 1 rings (SSSR count). The first kappa shape index (κ1) is 26.3. The van der Waals surface area contributed by atoms with Crippen LogP contribution in [0.2, 0.25) is 0 Å². The number of hydrogen-bond acceptors (Lipinski definition) is 5. The number of amides is 2. The molecule has 0 fully saturated rings. The number of benzene rings is 1. The van der Waals surface area contributed by atoms with Crippen LogP contribution in [0, 0.1) is 5.92 Å². The summed E-state index contributed by atoms with van der Waals surface area (Å²) in [5.41, 5.74) is 6.13. The Kier molecular flexibility index (Phi) is 10.1. The quantitative estimate of drug-likeness (QED) is 0.490. The number of carbonyl (C=O) groups excluding carboxylic acids is 2. The summed E-state index contributed by atoms with van der Waals surface area (Å²) in [5.74, 6) is -1.05. The van der Waals surface area contributed by atoms with Crippen LogP contribution in [0.4, 0.5) is 5.69 Å². The molecule has 0 aliphatic rings. The summed E-state index contributed by atoms with van der Waals surface area (Å²) in [6, 6.07) is 5.88. The second kappa shape index (κ2) is 10.8. The van der Waals surface area contributed by atoms with Gasteiger partial charge in [-0.25, -0.2) is 13.1 Å². The fourth-order valence-corrected chi connectivity index (χ4v) is 3.88. The lowest BCUT2D eigenvalue weighted by molar-refractivity contribution is -0.125. The summed E-state index contributed by atoms with van der Waals surface area (Å²) in [4.78, 5) is 23.8. The van der Waals surface area contributed by atoms with Crippen LogP contribution in [0.25, 0.3) is 0 Å². The second-order valence-corrected chi connectivity index (χ2v) is 9.57. The first-order valence-electron chi connectivity index (χ1n) is 8.73. The van der Waals surface area contributed by atoms with Gasteiger partial charge < -0.3 is 16.4 Å². The summed E-state index contributed by atoms with van der Waals surface area (Å²) in [6.07, 6.45) is 0. The molecule has 5 N–H and O–H groups in total. The molecule has 0 saturated heterocycles. The molecule has 10 heteroatoms. The maximum Gasteiger partial charge on any atom is 0.243 e. The van der Waals surface area contributed by atoms with Gasteiger partial charge in [0.05, 0.1) is 18.3 Å². The van der Waals surface area contributed by atoms with Gasteiger partial charge in [0.25, 0.3) is 0 Å². The number of anilines is 1. The van der Waals surface area contributed by atoms with Crippen molar-refractivity contribution in [3.63, 3.8) is 0 Å². The van der Waals surface area contributed by atoms with E-state index in [1.807, 2.05) is 13.8 Å². The Balaban J connectivity index is 0.00000729. The van der Waals surface area contributed by atoms with E-state index in [2.05, 4.69) is 15.4 Å². The fourth-order valence-electron chi connectivity index (χ4n) is 2.25. The molecule has 28 heavy (non-hydrogen) atoms. The highest BCUT2D eigenvalue weighted by Gasteiger charge is 2.21. The van der Waals surface area contributed by atoms with Crippen molar-refractivity contribution >= 4 is 39.9 Å². The molecule has 0 spiro atoms. The molecular formula is C18H31ClN4O4S. The molecule has 0 aliphatic carbocycles. The third-order valence-electron chi connectivity index (χ3n) is 3.47. The molecule has 1 atom stereocenters. The average molecular weight is 435 g/mol. The van der Waals surface area contributed by atoms with E-state index in [1.165, 1.54) is 0 Å². The Morgan fingerprint density at radius 3 is 2.32 bits per heavy atom. The molecule has 2 amide bonds. The van der Waals surface area contributed by atoms with E-state index in [1.54, 1.807) is 45.0 Å². The molecule has 0 heterocycles. The van der Waals surface area contributed by atoms with Crippen LogP contribution < -0.4 is 21.1 Å². The van der Waals surface area contributed by atoms with Gasteiger partial charge in [0.1, 0.15) is 0 Å². The van der Waals surface area contributed by atoms with Crippen LogP contribution in [0.5, 0.6) is 0 Å². The number of rotatable bonds is 8. The molecule has 0 saturated carbocycles. The first-order chi connectivity index (χ1) is 12.3. The number of nitrogens with one attached hydrogen (secondary N) is 3. The van der Waals surface area contributed by atoms with Crippen LogP contribution in [0.1, 0.15) is 40.2 Å². The molecule has 160 valence electrons. The Labute approximate surface area is 173 Å². The summed E-state index contributed by atoms with van der Waals surface area (Å²) < 4.78 is 27.0. The van der Waals surface area contributed by atoms with E-state index in [9.17, 15) is 18.0 Å². The van der Waals surface area contributed by atoms with Gasteiger partial charge in [0.2, 0.25) is 21.8 Å². The van der Waals surface area contributed by atoms with E-state index in [0.717, 1.165) is 0 Å². The van der Waals surface area contributed by atoms with Crippen molar-refractivity contribution in [3.8, 4) is 0 Å². The number of nitrogens with two attached hydrogens (primary N) is 1. The molecule has 0 bridgehead atoms. The highest BCUT2D eigenvalue weighted by molar-refractivity contribution is 7.88. The Bertz CT molecular complexity index is 776. The van der Waals surface area contributed by atoms with Gasteiger partial charge >= 0.3 is 0 Å². The van der Waals surface area contributed by atoms with Crippen molar-refractivity contribution in [3.05, 3.63) is 29.8 Å². The molecule has 1 aromatic rings. The van der Waals surface area contributed by atoms with Crippen molar-refractivity contribution in [2.75, 3.05) is 11.9 Å². The maximum atomic E-state index is 12.2. The molecular weight excluding hydrogens is 404 g/mol. The van der Waals surface area contributed by atoms with E-state index < -0.39 is 33.4 Å². The Morgan fingerprint density at radius 2 is 1.79 bits per heavy atom. The summed E-state index contributed by atoms with van der Waals surface area (Å²) in [7, 11) is -3.51. The van der Waals surface area contributed by atoms with Crippen LogP contribution >= 0.6 is 12.4 Å². The van der Waals surface area contributed by atoms with Gasteiger partial charge in [-0.3, -0.25) is 9.59 Å². The first-order valence-corrected chi connectivity index (χ1v) is 10.4. The summed E-state index contributed by atoms with van der Waals surface area (Å²) in [6.45, 7) is 8.71. The van der Waals surface area contributed by atoms with Crippen molar-refractivity contribution in [2.45, 2.75) is 52.0 Å². The van der Waals surface area contributed by atoms with E-state index in [4.69, 9.17) is 5.73 Å². The van der Waals surface area contributed by atoms with Crippen LogP contribution in [-0.4, -0.2) is 38.4 Å². The maximum absolute atomic E-state index is 12.2. The molecule has 0 unspecified atom stereocenters. The molecule has 0 radical (unpaired) electrons. The third-order valence-corrected chi connectivity index (χ3v) is 5.11. The smallest absolute Gasteiger partial charge is 0.243 e. The molecule has 8 nitrogen and oxygen atoms in total. The van der Waals surface area contributed by atoms with Gasteiger partial charge in [0.15, 0.2) is 0 Å². The minimum Gasteiger partial charge on any atom is -0.346 e. The fraction of sp³-hybridized carbons (Fsp3) is 0.556. The van der Waals surface area contributed by atoms with E-state index in [-0.39, 0.29) is 30.6 Å². The predicted molar refractivity (Wildman–Crippen MR) is 114 cm³/mol. The van der Waals surface area contributed by atoms with E-state index in [0.29, 0.717) is 11.3 Å². The topological polar surface area (TPSA) is 130 Å². The van der Waals surface area contributed by atoms with Crippen LogP contribution in [0.15, 0.2) is 24.3 Å². The number of halogens is 1. The third kappa shape index (κ3) is 10.0. The highest BCUT2D eigenvalue weighted by atomic mass is 35.5. The van der Waals surface area contributed by atoms with Crippen LogP contribution in [-0.2, 0) is 25.4 Å². The minimum absolute atomic E-state index is 0. The highest BCUT2D eigenvalue weighted by Crippen LogP contribution is 2.14. The summed E-state index contributed by atoms with van der Waals surface area (Å²) in [5, 5.41) is 5.11. The zero-order valence-corrected chi connectivity index (χ0v) is 18.5. The zero-order valence-electron chi connectivity index (χ0n) is 16.9. The lowest BCUT2D eigenvalue weighted by Crippen LogP contribution is -2.46. The summed E-state index contributed by atoms with van der Waals surface area (Å²) >= 11 is 0. The van der Waals surface area contributed by atoms with Crippen LogP contribution in [0.3, 0.4) is 0 Å². The Morgan fingerprint density at radius 1 is 1.18 bits per heavy atom. The van der Waals surface area contributed by atoms with Crippen molar-refractivity contribution in [1.82, 2.24) is 10.0 Å². The van der Waals surface area contributed by atoms with Gasteiger partial charge in [0, 0.05) is 11.2 Å². The predicted octanol–water partition coefficient (Wildman–Crippen LogP) is 1.36. The van der Waals surface area contributed by atoms with Crippen molar-refractivity contribution in [2.24, 2.45) is 11.7 Å². The Hall–Kier alpha value is -1.68. The van der Waals surface area contributed by atoms with Gasteiger partial charge in [-0.2, -0.15) is 0 Å². The molecule has 1 aromatic carbocycles.